The standard InChI is InChI=1S/C21H19F3N4O/c1-13-11-15(13)18-12-19(28(27-18)14-7-3-2-4-8-14)26-20(29)25-17-10-6-5-9-16(17)21(22,23)24/h2-10,12-13,15H,11H2,1H3,(H2,25,26,29). The minimum atomic E-state index is -4.56. The number of carbonyl (C=O) groups is 1. The lowest BCUT2D eigenvalue weighted by Gasteiger charge is -2.14. The zero-order valence-electron chi connectivity index (χ0n) is 15.6. The lowest BCUT2D eigenvalue weighted by Crippen LogP contribution is -2.23. The molecule has 1 saturated carbocycles. The van der Waals surface area contributed by atoms with Crippen molar-refractivity contribution in [3.63, 3.8) is 0 Å². The number of anilines is 2. The van der Waals surface area contributed by atoms with Crippen LogP contribution < -0.4 is 10.6 Å². The molecule has 1 aliphatic carbocycles. The fourth-order valence-corrected chi connectivity index (χ4v) is 3.28. The van der Waals surface area contributed by atoms with Crippen LogP contribution in [0.15, 0.2) is 60.7 Å². The second-order valence-electron chi connectivity index (χ2n) is 7.14. The number of nitrogens with zero attached hydrogens (tertiary/aromatic N) is 2. The predicted octanol–water partition coefficient (Wildman–Crippen LogP) is 5.66. The van der Waals surface area contributed by atoms with E-state index in [2.05, 4.69) is 22.7 Å². The number of aromatic nitrogens is 2. The molecule has 0 saturated heterocycles. The molecule has 3 aromatic rings. The SMILES string of the molecule is CC1CC1c1cc(NC(=O)Nc2ccccc2C(F)(F)F)n(-c2ccccc2)n1. The topological polar surface area (TPSA) is 59.0 Å². The molecule has 2 amide bonds. The number of amides is 2. The van der Waals surface area contributed by atoms with Gasteiger partial charge in [0, 0.05) is 12.0 Å². The van der Waals surface area contributed by atoms with E-state index < -0.39 is 17.8 Å². The van der Waals surface area contributed by atoms with Gasteiger partial charge in [-0.1, -0.05) is 37.3 Å². The van der Waals surface area contributed by atoms with Crippen LogP contribution in [0.2, 0.25) is 0 Å². The monoisotopic (exact) mass is 400 g/mol. The molecular weight excluding hydrogens is 381 g/mol. The van der Waals surface area contributed by atoms with Crippen LogP contribution in [-0.2, 0) is 6.18 Å². The lowest BCUT2D eigenvalue weighted by molar-refractivity contribution is -0.136. The maximum Gasteiger partial charge on any atom is 0.418 e. The Bertz CT molecular complexity index is 1030. The Morgan fingerprint density at radius 1 is 1.07 bits per heavy atom. The summed E-state index contributed by atoms with van der Waals surface area (Å²) in [6, 6.07) is 15.1. The van der Waals surface area contributed by atoms with Crippen molar-refractivity contribution in [1.82, 2.24) is 9.78 Å². The molecule has 0 bridgehead atoms. The second kappa shape index (κ2) is 7.27. The number of alkyl halides is 3. The summed E-state index contributed by atoms with van der Waals surface area (Å²) in [5.41, 5.74) is 0.393. The number of nitrogens with one attached hydrogen (secondary N) is 2. The third kappa shape index (κ3) is 4.11. The van der Waals surface area contributed by atoms with Crippen molar-refractivity contribution < 1.29 is 18.0 Å². The van der Waals surface area contributed by atoms with Crippen molar-refractivity contribution in [3.8, 4) is 5.69 Å². The average Bonchev–Trinajstić information content (AvgIpc) is 3.27. The summed E-state index contributed by atoms with van der Waals surface area (Å²) in [7, 11) is 0. The molecule has 0 aliphatic heterocycles. The van der Waals surface area contributed by atoms with Crippen LogP contribution in [0.5, 0.6) is 0 Å². The van der Waals surface area contributed by atoms with Crippen LogP contribution in [-0.4, -0.2) is 15.8 Å². The van der Waals surface area contributed by atoms with Gasteiger partial charge < -0.3 is 5.32 Å². The van der Waals surface area contributed by atoms with Crippen molar-refractivity contribution in [3.05, 3.63) is 71.9 Å². The summed E-state index contributed by atoms with van der Waals surface area (Å²) >= 11 is 0. The highest BCUT2D eigenvalue weighted by atomic mass is 19.4. The fraction of sp³-hybridized carbons (Fsp3) is 0.238. The molecular formula is C21H19F3N4O. The molecule has 0 radical (unpaired) electrons. The second-order valence-corrected chi connectivity index (χ2v) is 7.14. The number of carbonyl (C=O) groups excluding carboxylic acids is 1. The quantitative estimate of drug-likeness (QED) is 0.594. The van der Waals surface area contributed by atoms with E-state index in [9.17, 15) is 18.0 Å². The minimum Gasteiger partial charge on any atom is -0.307 e. The highest BCUT2D eigenvalue weighted by Gasteiger charge is 2.37. The fourth-order valence-electron chi connectivity index (χ4n) is 3.28. The highest BCUT2D eigenvalue weighted by molar-refractivity contribution is 6.00. The Morgan fingerprint density at radius 3 is 2.38 bits per heavy atom. The highest BCUT2D eigenvalue weighted by Crippen LogP contribution is 2.47. The van der Waals surface area contributed by atoms with E-state index in [4.69, 9.17) is 0 Å². The van der Waals surface area contributed by atoms with Crippen LogP contribution in [0.3, 0.4) is 0 Å². The lowest BCUT2D eigenvalue weighted by atomic mass is 10.1. The third-order valence-corrected chi connectivity index (χ3v) is 4.94. The third-order valence-electron chi connectivity index (χ3n) is 4.94. The summed E-state index contributed by atoms with van der Waals surface area (Å²) in [4.78, 5) is 12.5. The molecule has 0 spiro atoms. The van der Waals surface area contributed by atoms with Crippen molar-refractivity contribution in [2.75, 3.05) is 10.6 Å². The smallest absolute Gasteiger partial charge is 0.307 e. The average molecular weight is 400 g/mol. The van der Waals surface area contributed by atoms with Gasteiger partial charge in [-0.2, -0.15) is 18.3 Å². The number of benzene rings is 2. The van der Waals surface area contributed by atoms with Crippen molar-refractivity contribution in [1.29, 1.82) is 0 Å². The Morgan fingerprint density at radius 2 is 1.72 bits per heavy atom. The Hall–Kier alpha value is -3.29. The summed E-state index contributed by atoms with van der Waals surface area (Å²) < 4.78 is 41.1. The molecule has 2 N–H and O–H groups in total. The predicted molar refractivity (Wildman–Crippen MR) is 104 cm³/mol. The van der Waals surface area contributed by atoms with Crippen LogP contribution in [0.25, 0.3) is 5.69 Å². The van der Waals surface area contributed by atoms with E-state index in [1.807, 2.05) is 30.3 Å². The molecule has 1 fully saturated rings. The van der Waals surface area contributed by atoms with Gasteiger partial charge in [0.25, 0.3) is 0 Å². The number of hydrogen-bond acceptors (Lipinski definition) is 2. The van der Waals surface area contributed by atoms with Gasteiger partial charge in [-0.15, -0.1) is 0 Å². The van der Waals surface area contributed by atoms with Gasteiger partial charge in [-0.05, 0) is 36.6 Å². The van der Waals surface area contributed by atoms with E-state index in [0.29, 0.717) is 17.7 Å². The Kier molecular flexibility index (Phi) is 4.77. The molecule has 2 unspecified atom stereocenters. The van der Waals surface area contributed by atoms with Crippen LogP contribution in [0.1, 0.15) is 30.5 Å². The van der Waals surface area contributed by atoms with E-state index in [0.717, 1.165) is 23.9 Å². The number of rotatable bonds is 4. The number of hydrogen-bond donors (Lipinski definition) is 2. The first-order valence-electron chi connectivity index (χ1n) is 9.22. The minimum absolute atomic E-state index is 0.306. The normalized spacial score (nSPS) is 18.3. The van der Waals surface area contributed by atoms with Crippen LogP contribution in [0.4, 0.5) is 29.5 Å². The molecule has 2 aromatic carbocycles. The van der Waals surface area contributed by atoms with Gasteiger partial charge in [0.15, 0.2) is 0 Å². The molecule has 29 heavy (non-hydrogen) atoms. The largest absolute Gasteiger partial charge is 0.418 e. The summed E-state index contributed by atoms with van der Waals surface area (Å²) in [6.07, 6.45) is -3.54. The van der Waals surface area contributed by atoms with Gasteiger partial charge >= 0.3 is 12.2 Å². The van der Waals surface area contributed by atoms with Gasteiger partial charge in [-0.25, -0.2) is 9.48 Å². The molecule has 1 heterocycles. The number of urea groups is 1. The molecule has 1 aromatic heterocycles. The Balaban J connectivity index is 1.60. The van der Waals surface area contributed by atoms with Gasteiger partial charge in [-0.3, -0.25) is 5.32 Å². The van der Waals surface area contributed by atoms with E-state index in [-0.39, 0.29) is 5.69 Å². The van der Waals surface area contributed by atoms with Crippen molar-refractivity contribution in [2.45, 2.75) is 25.4 Å². The summed E-state index contributed by atoms with van der Waals surface area (Å²) in [5, 5.41) is 9.54. The van der Waals surface area contributed by atoms with Crippen LogP contribution in [0, 0.1) is 5.92 Å². The van der Waals surface area contributed by atoms with E-state index in [1.54, 1.807) is 10.7 Å². The van der Waals surface area contributed by atoms with E-state index in [1.165, 1.54) is 18.2 Å². The zero-order chi connectivity index (χ0) is 20.6. The first kappa shape index (κ1) is 19.0. The summed E-state index contributed by atoms with van der Waals surface area (Å²) in [6.45, 7) is 2.13. The van der Waals surface area contributed by atoms with E-state index >= 15 is 0 Å². The maximum atomic E-state index is 13.2. The van der Waals surface area contributed by atoms with Gasteiger partial charge in [0.2, 0.25) is 0 Å². The van der Waals surface area contributed by atoms with Gasteiger partial charge in [0.05, 0.1) is 22.6 Å². The molecule has 150 valence electrons. The zero-order valence-corrected chi connectivity index (χ0v) is 15.6. The molecule has 4 rings (SSSR count). The molecule has 8 heteroatoms. The summed E-state index contributed by atoms with van der Waals surface area (Å²) in [5.74, 6) is 1.25. The van der Waals surface area contributed by atoms with Crippen molar-refractivity contribution >= 4 is 17.5 Å². The first-order chi connectivity index (χ1) is 13.8. The first-order valence-corrected chi connectivity index (χ1v) is 9.22. The number of halogens is 3. The van der Waals surface area contributed by atoms with Crippen LogP contribution >= 0.6 is 0 Å². The Labute approximate surface area is 165 Å². The van der Waals surface area contributed by atoms with Crippen molar-refractivity contribution in [2.24, 2.45) is 5.92 Å². The molecule has 5 nitrogen and oxygen atoms in total. The molecule has 2 atom stereocenters. The number of para-hydroxylation sites is 2. The maximum absolute atomic E-state index is 13.2. The van der Waals surface area contributed by atoms with Gasteiger partial charge in [0.1, 0.15) is 5.82 Å². The molecule has 1 aliphatic rings.